The van der Waals surface area contributed by atoms with Gasteiger partial charge in [-0.3, -0.25) is 14.9 Å². The fraction of sp³-hybridized carbons (Fsp3) is 0.417. The SMILES string of the molecule is CC(=O)OC[C@@H]1CC=C([N+](=O)[O-])[C@@H]1c1ccco1. The first-order valence-corrected chi connectivity index (χ1v) is 5.60. The maximum absolute atomic E-state index is 11.0. The Morgan fingerprint density at radius 2 is 2.44 bits per heavy atom. The second-order valence-electron chi connectivity index (χ2n) is 4.18. The molecule has 0 bridgehead atoms. The Labute approximate surface area is 103 Å². The molecule has 0 aromatic carbocycles. The van der Waals surface area contributed by atoms with Crippen LogP contribution in [0, 0.1) is 16.0 Å². The molecule has 6 nitrogen and oxygen atoms in total. The van der Waals surface area contributed by atoms with E-state index in [1.807, 2.05) is 0 Å². The number of esters is 1. The van der Waals surface area contributed by atoms with Crippen molar-refractivity contribution in [1.82, 2.24) is 0 Å². The number of hydrogen-bond acceptors (Lipinski definition) is 5. The first-order valence-electron chi connectivity index (χ1n) is 5.60. The topological polar surface area (TPSA) is 82.6 Å². The number of furan rings is 1. The van der Waals surface area contributed by atoms with Gasteiger partial charge in [-0.05, 0) is 24.6 Å². The molecule has 2 rings (SSSR count). The third kappa shape index (κ3) is 2.42. The molecule has 0 radical (unpaired) electrons. The lowest BCUT2D eigenvalue weighted by molar-refractivity contribution is -0.430. The minimum atomic E-state index is -0.450. The van der Waals surface area contributed by atoms with E-state index in [1.165, 1.54) is 13.2 Å². The molecule has 1 aliphatic rings. The lowest BCUT2D eigenvalue weighted by Crippen LogP contribution is -2.19. The van der Waals surface area contributed by atoms with Gasteiger partial charge >= 0.3 is 5.97 Å². The zero-order valence-electron chi connectivity index (χ0n) is 9.87. The van der Waals surface area contributed by atoms with Crippen LogP contribution in [-0.2, 0) is 9.53 Å². The van der Waals surface area contributed by atoms with Crippen LogP contribution in [0.25, 0.3) is 0 Å². The van der Waals surface area contributed by atoms with Crippen molar-refractivity contribution in [2.75, 3.05) is 6.61 Å². The highest BCUT2D eigenvalue weighted by atomic mass is 16.6. The molecule has 1 heterocycles. The Morgan fingerprint density at radius 1 is 1.67 bits per heavy atom. The summed E-state index contributed by atoms with van der Waals surface area (Å²) in [6, 6.07) is 3.39. The molecule has 18 heavy (non-hydrogen) atoms. The Hall–Kier alpha value is -2.11. The van der Waals surface area contributed by atoms with E-state index in [0.29, 0.717) is 12.2 Å². The van der Waals surface area contributed by atoms with Gasteiger partial charge in [0.2, 0.25) is 0 Å². The van der Waals surface area contributed by atoms with Gasteiger partial charge in [0, 0.05) is 12.8 Å². The molecule has 0 unspecified atom stereocenters. The van der Waals surface area contributed by atoms with Gasteiger partial charge in [-0.25, -0.2) is 0 Å². The fourth-order valence-corrected chi connectivity index (χ4v) is 2.20. The van der Waals surface area contributed by atoms with Gasteiger partial charge in [0.1, 0.15) is 11.7 Å². The molecule has 6 heteroatoms. The van der Waals surface area contributed by atoms with Crippen molar-refractivity contribution >= 4 is 5.97 Å². The van der Waals surface area contributed by atoms with Crippen LogP contribution in [0.15, 0.2) is 34.6 Å². The van der Waals surface area contributed by atoms with Gasteiger partial charge < -0.3 is 9.15 Å². The third-order valence-corrected chi connectivity index (χ3v) is 2.98. The van der Waals surface area contributed by atoms with Gasteiger partial charge in [0.25, 0.3) is 5.70 Å². The summed E-state index contributed by atoms with van der Waals surface area (Å²) < 4.78 is 10.2. The van der Waals surface area contributed by atoms with Crippen molar-refractivity contribution in [2.24, 2.45) is 5.92 Å². The highest BCUT2D eigenvalue weighted by Gasteiger charge is 2.40. The van der Waals surface area contributed by atoms with Gasteiger partial charge in [-0.2, -0.15) is 0 Å². The number of carbonyl (C=O) groups excluding carboxylic acids is 1. The Bertz CT molecular complexity index is 477. The molecule has 0 aliphatic heterocycles. The number of carbonyl (C=O) groups is 1. The Morgan fingerprint density at radius 3 is 3.00 bits per heavy atom. The molecular weight excluding hydrogens is 238 g/mol. The summed E-state index contributed by atoms with van der Waals surface area (Å²) in [5.74, 6) is -0.440. The van der Waals surface area contributed by atoms with Gasteiger partial charge in [-0.15, -0.1) is 0 Å². The highest BCUT2D eigenvalue weighted by molar-refractivity contribution is 5.65. The first kappa shape index (κ1) is 12.3. The van der Waals surface area contributed by atoms with Gasteiger partial charge in [0.15, 0.2) is 0 Å². The second kappa shape index (κ2) is 5.03. The molecule has 1 aromatic rings. The van der Waals surface area contributed by atoms with E-state index < -0.39 is 10.8 Å². The van der Waals surface area contributed by atoms with Crippen LogP contribution in [0.4, 0.5) is 0 Å². The van der Waals surface area contributed by atoms with Crippen molar-refractivity contribution in [3.8, 4) is 0 Å². The zero-order valence-corrected chi connectivity index (χ0v) is 9.87. The number of rotatable bonds is 4. The number of ether oxygens (including phenoxy) is 1. The maximum Gasteiger partial charge on any atom is 0.302 e. The van der Waals surface area contributed by atoms with Crippen LogP contribution in [0.1, 0.15) is 25.0 Å². The molecule has 1 aromatic heterocycles. The second-order valence-corrected chi connectivity index (χ2v) is 4.18. The molecular formula is C12H13NO5. The van der Waals surface area contributed by atoms with Crippen molar-refractivity contribution in [1.29, 1.82) is 0 Å². The molecule has 0 spiro atoms. The van der Waals surface area contributed by atoms with E-state index in [2.05, 4.69) is 0 Å². The molecule has 96 valence electrons. The van der Waals surface area contributed by atoms with Crippen molar-refractivity contribution in [2.45, 2.75) is 19.3 Å². The lowest BCUT2D eigenvalue weighted by Gasteiger charge is -2.16. The molecule has 1 aliphatic carbocycles. The summed E-state index contributed by atoms with van der Waals surface area (Å²) in [7, 11) is 0. The van der Waals surface area contributed by atoms with E-state index in [4.69, 9.17) is 9.15 Å². The minimum absolute atomic E-state index is 0.113. The number of allylic oxidation sites excluding steroid dienone is 2. The van der Waals surface area contributed by atoms with Crippen molar-refractivity contribution in [3.05, 3.63) is 46.0 Å². The molecule has 0 saturated carbocycles. The summed E-state index contributed by atoms with van der Waals surface area (Å²) in [6.07, 6.45) is 3.56. The van der Waals surface area contributed by atoms with E-state index in [0.717, 1.165) is 0 Å². The lowest BCUT2D eigenvalue weighted by atomic mass is 9.92. The van der Waals surface area contributed by atoms with E-state index in [9.17, 15) is 14.9 Å². The zero-order chi connectivity index (χ0) is 13.1. The van der Waals surface area contributed by atoms with E-state index in [1.54, 1.807) is 18.2 Å². The standard InChI is InChI=1S/C12H13NO5/c1-8(14)18-7-9-4-5-10(13(15)16)12(9)11-3-2-6-17-11/h2-3,5-6,9,12H,4,7H2,1H3/t9-,12+/m0/s1. The number of nitro groups is 1. The molecule has 0 N–H and O–H groups in total. The Kier molecular flexibility index (Phi) is 3.45. The summed E-state index contributed by atoms with van der Waals surface area (Å²) in [6.45, 7) is 1.48. The van der Waals surface area contributed by atoms with E-state index in [-0.39, 0.29) is 24.2 Å². The summed E-state index contributed by atoms with van der Waals surface area (Å²) in [5.41, 5.74) is 0.113. The molecule has 0 saturated heterocycles. The van der Waals surface area contributed by atoms with Crippen LogP contribution in [0.5, 0.6) is 0 Å². The highest BCUT2D eigenvalue weighted by Crippen LogP contribution is 2.40. The smallest absolute Gasteiger partial charge is 0.302 e. The third-order valence-electron chi connectivity index (χ3n) is 2.98. The minimum Gasteiger partial charge on any atom is -0.468 e. The monoisotopic (exact) mass is 251 g/mol. The molecule has 0 amide bonds. The predicted molar refractivity (Wildman–Crippen MR) is 61.3 cm³/mol. The molecule has 0 fully saturated rings. The largest absolute Gasteiger partial charge is 0.468 e. The number of nitrogens with zero attached hydrogens (tertiary/aromatic N) is 1. The Balaban J connectivity index is 2.18. The number of hydrogen-bond donors (Lipinski definition) is 0. The normalized spacial score (nSPS) is 22.6. The maximum atomic E-state index is 11.0. The molecule has 2 atom stereocenters. The average Bonchev–Trinajstić information content (AvgIpc) is 2.94. The quantitative estimate of drug-likeness (QED) is 0.465. The summed E-state index contributed by atoms with van der Waals surface area (Å²) in [5, 5.41) is 11.0. The van der Waals surface area contributed by atoms with Crippen LogP contribution in [0.2, 0.25) is 0 Å². The summed E-state index contributed by atoms with van der Waals surface area (Å²) >= 11 is 0. The van der Waals surface area contributed by atoms with Gasteiger partial charge in [-0.1, -0.05) is 0 Å². The average molecular weight is 251 g/mol. The van der Waals surface area contributed by atoms with Crippen molar-refractivity contribution in [3.63, 3.8) is 0 Å². The predicted octanol–water partition coefficient (Wildman–Crippen LogP) is 2.11. The first-order chi connectivity index (χ1) is 8.59. The van der Waals surface area contributed by atoms with Crippen LogP contribution in [-0.4, -0.2) is 17.5 Å². The fourth-order valence-electron chi connectivity index (χ4n) is 2.20. The van der Waals surface area contributed by atoms with Gasteiger partial charge in [0.05, 0.1) is 17.8 Å². The van der Waals surface area contributed by atoms with Crippen LogP contribution < -0.4 is 0 Å². The van der Waals surface area contributed by atoms with Crippen LogP contribution in [0.3, 0.4) is 0 Å². The van der Waals surface area contributed by atoms with E-state index >= 15 is 0 Å². The summed E-state index contributed by atoms with van der Waals surface area (Å²) in [4.78, 5) is 21.4. The van der Waals surface area contributed by atoms with Crippen LogP contribution >= 0.6 is 0 Å². The van der Waals surface area contributed by atoms with Crippen molar-refractivity contribution < 1.29 is 18.9 Å².